The van der Waals surface area contributed by atoms with E-state index in [1.54, 1.807) is 0 Å². The number of ether oxygens (including phenoxy) is 1. The van der Waals surface area contributed by atoms with Crippen LogP contribution in [0, 0.1) is 0 Å². The Kier molecular flexibility index (Phi) is 6.24. The van der Waals surface area contributed by atoms with E-state index < -0.39 is 0 Å². The van der Waals surface area contributed by atoms with Gasteiger partial charge in [-0.15, -0.1) is 0 Å². The first-order valence-corrected chi connectivity index (χ1v) is 8.94. The van der Waals surface area contributed by atoms with Crippen molar-refractivity contribution in [2.75, 3.05) is 27.2 Å². The summed E-state index contributed by atoms with van der Waals surface area (Å²) in [4.78, 5) is 2.13. The Hall–Kier alpha value is -2.84. The van der Waals surface area contributed by atoms with Gasteiger partial charge in [0.05, 0.1) is 0 Å². The molecule has 0 amide bonds. The van der Waals surface area contributed by atoms with Crippen LogP contribution in [-0.2, 0) is 4.74 Å². The molecule has 26 heavy (non-hydrogen) atoms. The lowest BCUT2D eigenvalue weighted by atomic mass is 9.94. The van der Waals surface area contributed by atoms with Crippen LogP contribution in [0.5, 0.6) is 0 Å². The lowest BCUT2D eigenvalue weighted by Gasteiger charge is -2.19. The molecule has 0 saturated carbocycles. The number of hydrogen-bond donors (Lipinski definition) is 0. The van der Waals surface area contributed by atoms with E-state index in [2.05, 4.69) is 91.8 Å². The van der Waals surface area contributed by atoms with Crippen molar-refractivity contribution >= 4 is 11.3 Å². The fourth-order valence-electron chi connectivity index (χ4n) is 2.86. The molecule has 0 bridgehead atoms. The van der Waals surface area contributed by atoms with Gasteiger partial charge in [-0.25, -0.2) is 0 Å². The van der Waals surface area contributed by atoms with E-state index in [9.17, 15) is 0 Å². The van der Waals surface area contributed by atoms with Crippen LogP contribution < -0.4 is 0 Å². The van der Waals surface area contributed by atoms with E-state index in [1.807, 2.05) is 18.2 Å². The summed E-state index contributed by atoms with van der Waals surface area (Å²) < 4.78 is 6.35. The van der Waals surface area contributed by atoms with E-state index in [0.29, 0.717) is 6.61 Å². The normalized spacial score (nSPS) is 10.6. The van der Waals surface area contributed by atoms with E-state index in [4.69, 9.17) is 4.74 Å². The average molecular weight is 343 g/mol. The smallest absolute Gasteiger partial charge is 0.135 e. The maximum Gasteiger partial charge on any atom is 0.135 e. The Morgan fingerprint density at radius 2 is 1.08 bits per heavy atom. The number of rotatable bonds is 7. The van der Waals surface area contributed by atoms with Gasteiger partial charge < -0.3 is 9.64 Å². The molecule has 132 valence electrons. The van der Waals surface area contributed by atoms with Crippen LogP contribution in [0.4, 0.5) is 0 Å². The van der Waals surface area contributed by atoms with Crippen molar-refractivity contribution < 1.29 is 4.74 Å². The molecule has 3 aromatic carbocycles. The zero-order chi connectivity index (χ0) is 18.2. The quantitative estimate of drug-likeness (QED) is 0.433. The second-order valence-electron chi connectivity index (χ2n) is 6.45. The summed E-state index contributed by atoms with van der Waals surface area (Å²) >= 11 is 0. The van der Waals surface area contributed by atoms with Gasteiger partial charge in [0.1, 0.15) is 12.4 Å². The monoisotopic (exact) mass is 343 g/mol. The Labute approximate surface area is 156 Å². The molecular formula is C24H25NO. The van der Waals surface area contributed by atoms with Gasteiger partial charge in [-0.1, -0.05) is 91.0 Å². The Bertz CT molecular complexity index is 782. The van der Waals surface area contributed by atoms with Crippen molar-refractivity contribution in [3.05, 3.63) is 108 Å². The van der Waals surface area contributed by atoms with Crippen LogP contribution in [0.3, 0.4) is 0 Å². The summed E-state index contributed by atoms with van der Waals surface area (Å²) in [6.07, 6.45) is 0. The summed E-state index contributed by atoms with van der Waals surface area (Å²) in [6.45, 7) is 1.51. The third kappa shape index (κ3) is 4.62. The molecular weight excluding hydrogens is 318 g/mol. The van der Waals surface area contributed by atoms with Crippen LogP contribution in [0.2, 0.25) is 0 Å². The molecule has 0 aliphatic heterocycles. The van der Waals surface area contributed by atoms with Crippen molar-refractivity contribution in [1.82, 2.24) is 4.90 Å². The van der Waals surface area contributed by atoms with Crippen molar-refractivity contribution in [3.63, 3.8) is 0 Å². The lowest BCUT2D eigenvalue weighted by molar-refractivity contribution is 0.233. The molecule has 0 saturated heterocycles. The van der Waals surface area contributed by atoms with Crippen LogP contribution in [-0.4, -0.2) is 32.1 Å². The van der Waals surface area contributed by atoms with Gasteiger partial charge in [-0.2, -0.15) is 0 Å². The van der Waals surface area contributed by atoms with Crippen molar-refractivity contribution in [3.8, 4) is 0 Å². The molecule has 3 rings (SSSR count). The van der Waals surface area contributed by atoms with Crippen LogP contribution >= 0.6 is 0 Å². The molecule has 3 aromatic rings. The average Bonchev–Trinajstić information content (AvgIpc) is 2.69. The minimum atomic E-state index is 0.639. The highest BCUT2D eigenvalue weighted by atomic mass is 16.5. The number of hydrogen-bond acceptors (Lipinski definition) is 2. The first-order valence-electron chi connectivity index (χ1n) is 8.94. The second-order valence-corrected chi connectivity index (χ2v) is 6.45. The molecule has 0 aliphatic rings. The molecule has 0 heterocycles. The second kappa shape index (κ2) is 9.02. The minimum Gasteiger partial charge on any atom is -0.491 e. The summed E-state index contributed by atoms with van der Waals surface area (Å²) in [6, 6.07) is 31.3. The van der Waals surface area contributed by atoms with Crippen molar-refractivity contribution in [2.24, 2.45) is 0 Å². The third-order valence-electron chi connectivity index (χ3n) is 4.17. The zero-order valence-electron chi connectivity index (χ0n) is 15.4. The van der Waals surface area contributed by atoms with Crippen molar-refractivity contribution in [1.29, 1.82) is 0 Å². The molecule has 0 unspecified atom stereocenters. The van der Waals surface area contributed by atoms with Gasteiger partial charge in [-0.05, 0) is 25.2 Å². The standard InChI is InChI=1S/C24H25NO/c1-25(2)18-19-26-24(22-16-10-5-11-17-22)23(20-12-6-3-7-13-20)21-14-8-4-9-15-21/h3-17H,18-19H2,1-2H3. The molecule has 0 fully saturated rings. The minimum absolute atomic E-state index is 0.639. The molecule has 0 spiro atoms. The van der Waals surface area contributed by atoms with Gasteiger partial charge in [-0.3, -0.25) is 0 Å². The Balaban J connectivity index is 2.15. The van der Waals surface area contributed by atoms with E-state index in [-0.39, 0.29) is 0 Å². The van der Waals surface area contributed by atoms with Crippen LogP contribution in [0.1, 0.15) is 16.7 Å². The zero-order valence-corrected chi connectivity index (χ0v) is 15.4. The van der Waals surface area contributed by atoms with Gasteiger partial charge >= 0.3 is 0 Å². The SMILES string of the molecule is CN(C)CCOC(=C(c1ccccc1)c1ccccc1)c1ccccc1. The lowest BCUT2D eigenvalue weighted by Crippen LogP contribution is -2.18. The molecule has 0 aliphatic carbocycles. The summed E-state index contributed by atoms with van der Waals surface area (Å²) in [5.41, 5.74) is 4.52. The Morgan fingerprint density at radius 1 is 0.654 bits per heavy atom. The first kappa shape index (κ1) is 18.0. The van der Waals surface area contributed by atoms with Gasteiger partial charge in [0, 0.05) is 17.7 Å². The summed E-state index contributed by atoms with van der Waals surface area (Å²) in [5.74, 6) is 0.921. The Morgan fingerprint density at radius 3 is 1.50 bits per heavy atom. The predicted octanol–water partition coefficient (Wildman–Crippen LogP) is 5.18. The maximum atomic E-state index is 6.35. The number of likely N-dealkylation sites (N-methyl/N-ethyl adjacent to an activating group) is 1. The largest absolute Gasteiger partial charge is 0.491 e. The highest BCUT2D eigenvalue weighted by Crippen LogP contribution is 2.33. The highest BCUT2D eigenvalue weighted by molar-refractivity contribution is 5.96. The third-order valence-corrected chi connectivity index (χ3v) is 4.17. The van der Waals surface area contributed by atoms with Crippen LogP contribution in [0.25, 0.3) is 11.3 Å². The van der Waals surface area contributed by atoms with E-state index in [0.717, 1.165) is 34.6 Å². The molecule has 2 heteroatoms. The van der Waals surface area contributed by atoms with Crippen LogP contribution in [0.15, 0.2) is 91.0 Å². The highest BCUT2D eigenvalue weighted by Gasteiger charge is 2.15. The fraction of sp³-hybridized carbons (Fsp3) is 0.167. The molecule has 0 aromatic heterocycles. The van der Waals surface area contributed by atoms with E-state index >= 15 is 0 Å². The van der Waals surface area contributed by atoms with Gasteiger partial charge in [0.2, 0.25) is 0 Å². The van der Waals surface area contributed by atoms with Gasteiger partial charge in [0.15, 0.2) is 0 Å². The number of benzene rings is 3. The molecule has 0 atom stereocenters. The van der Waals surface area contributed by atoms with E-state index in [1.165, 1.54) is 0 Å². The molecule has 2 nitrogen and oxygen atoms in total. The molecule has 0 radical (unpaired) electrons. The summed E-state index contributed by atoms with van der Waals surface area (Å²) in [7, 11) is 4.12. The summed E-state index contributed by atoms with van der Waals surface area (Å²) in [5, 5.41) is 0. The topological polar surface area (TPSA) is 12.5 Å². The fourth-order valence-corrected chi connectivity index (χ4v) is 2.86. The maximum absolute atomic E-state index is 6.35. The van der Waals surface area contributed by atoms with Crippen molar-refractivity contribution in [2.45, 2.75) is 0 Å². The predicted molar refractivity (Wildman–Crippen MR) is 110 cm³/mol. The van der Waals surface area contributed by atoms with Gasteiger partial charge in [0.25, 0.3) is 0 Å². The first-order chi connectivity index (χ1) is 12.8. The molecule has 0 N–H and O–H groups in total. The number of nitrogens with zero attached hydrogens (tertiary/aromatic N) is 1.